The molecule has 0 aromatic carbocycles. The molecule has 0 aliphatic carbocycles. The van der Waals surface area contributed by atoms with Crippen molar-refractivity contribution in [1.82, 2.24) is 19.7 Å². The van der Waals surface area contributed by atoms with Crippen molar-refractivity contribution in [2.24, 2.45) is 5.92 Å². The van der Waals surface area contributed by atoms with E-state index in [4.69, 9.17) is 0 Å². The van der Waals surface area contributed by atoms with Crippen molar-refractivity contribution in [1.29, 1.82) is 0 Å². The van der Waals surface area contributed by atoms with E-state index in [9.17, 15) is 9.59 Å². The van der Waals surface area contributed by atoms with Gasteiger partial charge in [0.25, 0.3) is 5.91 Å². The van der Waals surface area contributed by atoms with E-state index in [2.05, 4.69) is 23.7 Å². The summed E-state index contributed by atoms with van der Waals surface area (Å²) >= 11 is 0. The van der Waals surface area contributed by atoms with Crippen LogP contribution in [0.3, 0.4) is 0 Å². The highest BCUT2D eigenvalue weighted by molar-refractivity contribution is 6.07. The summed E-state index contributed by atoms with van der Waals surface area (Å²) in [7, 11) is 0. The monoisotopic (exact) mass is 358 g/mol. The second-order valence-corrected chi connectivity index (χ2v) is 7.83. The standard InChI is InChI=1S/C20H30N4O2/c1-4-23-18(25)20(24(19(23)26)12-7-16(2)3)8-13-22(14-9-20)15-17-5-10-21-11-6-17/h5-6,10-11,16H,4,7-9,12-15H2,1-3H3. The number of pyridine rings is 1. The van der Waals surface area contributed by atoms with Crippen molar-refractivity contribution >= 4 is 11.9 Å². The van der Waals surface area contributed by atoms with Gasteiger partial charge in [-0.25, -0.2) is 4.79 Å². The van der Waals surface area contributed by atoms with Crippen molar-refractivity contribution in [3.8, 4) is 0 Å². The fraction of sp³-hybridized carbons (Fsp3) is 0.650. The Bertz CT molecular complexity index is 638. The molecule has 0 unspecified atom stereocenters. The minimum atomic E-state index is -0.628. The second kappa shape index (κ2) is 7.74. The highest BCUT2D eigenvalue weighted by atomic mass is 16.2. The SMILES string of the molecule is CCN1C(=O)N(CCC(C)C)C2(CCN(Cc3ccncc3)CC2)C1=O. The van der Waals surface area contributed by atoms with Crippen LogP contribution in [0.2, 0.25) is 0 Å². The normalized spacial score (nSPS) is 20.6. The summed E-state index contributed by atoms with van der Waals surface area (Å²) in [6.45, 7) is 9.85. The molecule has 0 saturated carbocycles. The van der Waals surface area contributed by atoms with Crippen LogP contribution in [0.5, 0.6) is 0 Å². The Balaban J connectivity index is 1.72. The number of amides is 3. The Labute approximate surface area is 156 Å². The average Bonchev–Trinajstić information content (AvgIpc) is 2.82. The minimum absolute atomic E-state index is 0.0114. The van der Waals surface area contributed by atoms with E-state index in [-0.39, 0.29) is 11.9 Å². The molecule has 0 N–H and O–H groups in total. The van der Waals surface area contributed by atoms with Gasteiger partial charge in [-0.15, -0.1) is 0 Å². The molecular formula is C20H30N4O2. The van der Waals surface area contributed by atoms with Gasteiger partial charge in [-0.3, -0.25) is 19.6 Å². The fourth-order valence-corrected chi connectivity index (χ4v) is 4.07. The number of hydrogen-bond donors (Lipinski definition) is 0. The molecule has 1 aromatic rings. The lowest BCUT2D eigenvalue weighted by atomic mass is 9.85. The van der Waals surface area contributed by atoms with E-state index < -0.39 is 5.54 Å². The largest absolute Gasteiger partial charge is 0.327 e. The Hall–Kier alpha value is -1.95. The van der Waals surface area contributed by atoms with Crippen LogP contribution in [0.15, 0.2) is 24.5 Å². The quantitative estimate of drug-likeness (QED) is 0.734. The second-order valence-electron chi connectivity index (χ2n) is 7.83. The van der Waals surface area contributed by atoms with Gasteiger partial charge < -0.3 is 4.90 Å². The van der Waals surface area contributed by atoms with E-state index in [1.165, 1.54) is 10.5 Å². The van der Waals surface area contributed by atoms with Crippen molar-refractivity contribution in [2.45, 2.75) is 52.1 Å². The molecule has 6 nitrogen and oxygen atoms in total. The Morgan fingerprint density at radius 1 is 1.15 bits per heavy atom. The predicted octanol–water partition coefficient (Wildman–Crippen LogP) is 2.75. The maximum Gasteiger partial charge on any atom is 0.327 e. The molecule has 0 radical (unpaired) electrons. The molecule has 3 rings (SSSR count). The van der Waals surface area contributed by atoms with Gasteiger partial charge in [0.15, 0.2) is 0 Å². The molecule has 2 saturated heterocycles. The first-order valence-corrected chi connectivity index (χ1v) is 9.72. The molecule has 2 aliphatic rings. The van der Waals surface area contributed by atoms with Crippen LogP contribution in [0.25, 0.3) is 0 Å². The number of hydrogen-bond acceptors (Lipinski definition) is 4. The number of piperidine rings is 1. The Morgan fingerprint density at radius 2 is 1.81 bits per heavy atom. The number of rotatable bonds is 6. The number of likely N-dealkylation sites (N-methyl/N-ethyl adjacent to an activating group) is 1. The summed E-state index contributed by atoms with van der Waals surface area (Å²) in [5, 5.41) is 0. The number of imide groups is 1. The van der Waals surface area contributed by atoms with E-state index >= 15 is 0 Å². The van der Waals surface area contributed by atoms with E-state index in [1.54, 1.807) is 0 Å². The first-order valence-electron chi connectivity index (χ1n) is 9.72. The molecule has 142 valence electrons. The van der Waals surface area contributed by atoms with Crippen molar-refractivity contribution < 1.29 is 9.59 Å². The van der Waals surface area contributed by atoms with Gasteiger partial charge in [-0.1, -0.05) is 13.8 Å². The van der Waals surface area contributed by atoms with E-state index in [0.29, 0.717) is 19.0 Å². The summed E-state index contributed by atoms with van der Waals surface area (Å²) < 4.78 is 0. The predicted molar refractivity (Wildman–Crippen MR) is 100 cm³/mol. The average molecular weight is 358 g/mol. The van der Waals surface area contributed by atoms with Crippen LogP contribution < -0.4 is 0 Å². The molecular weight excluding hydrogens is 328 g/mol. The summed E-state index contributed by atoms with van der Waals surface area (Å²) in [5.74, 6) is 0.523. The van der Waals surface area contributed by atoms with Crippen LogP contribution >= 0.6 is 0 Å². The molecule has 3 heterocycles. The van der Waals surface area contributed by atoms with Gasteiger partial charge in [-0.2, -0.15) is 0 Å². The summed E-state index contributed by atoms with van der Waals surface area (Å²) in [6, 6.07) is 3.96. The van der Waals surface area contributed by atoms with Crippen LogP contribution in [0, 0.1) is 5.92 Å². The maximum absolute atomic E-state index is 13.1. The number of aromatic nitrogens is 1. The maximum atomic E-state index is 13.1. The molecule has 26 heavy (non-hydrogen) atoms. The third-order valence-corrected chi connectivity index (χ3v) is 5.71. The summed E-state index contributed by atoms with van der Waals surface area (Å²) in [6.07, 6.45) is 5.99. The minimum Gasteiger partial charge on any atom is -0.309 e. The van der Waals surface area contributed by atoms with Crippen LogP contribution in [0.4, 0.5) is 4.79 Å². The van der Waals surface area contributed by atoms with E-state index in [1.807, 2.05) is 36.4 Å². The molecule has 6 heteroatoms. The summed E-state index contributed by atoms with van der Waals surface area (Å²) in [4.78, 5) is 35.7. The zero-order chi connectivity index (χ0) is 18.7. The van der Waals surface area contributed by atoms with Crippen LogP contribution in [-0.4, -0.2) is 63.3 Å². The Kier molecular flexibility index (Phi) is 5.61. The van der Waals surface area contributed by atoms with Crippen LogP contribution in [-0.2, 0) is 11.3 Å². The lowest BCUT2D eigenvalue weighted by Gasteiger charge is -2.42. The topological polar surface area (TPSA) is 56.8 Å². The molecule has 0 bridgehead atoms. The number of nitrogens with zero attached hydrogens (tertiary/aromatic N) is 4. The molecule has 2 fully saturated rings. The molecule has 1 spiro atoms. The molecule has 1 aromatic heterocycles. The van der Waals surface area contributed by atoms with Crippen molar-refractivity contribution in [3.63, 3.8) is 0 Å². The summed E-state index contributed by atoms with van der Waals surface area (Å²) in [5.41, 5.74) is 0.605. The number of urea groups is 1. The number of likely N-dealkylation sites (tertiary alicyclic amines) is 1. The molecule has 3 amide bonds. The van der Waals surface area contributed by atoms with Gasteiger partial charge >= 0.3 is 6.03 Å². The lowest BCUT2D eigenvalue weighted by molar-refractivity contribution is -0.135. The van der Waals surface area contributed by atoms with E-state index in [0.717, 1.165) is 38.9 Å². The van der Waals surface area contributed by atoms with Gasteiger partial charge in [0, 0.05) is 45.1 Å². The van der Waals surface area contributed by atoms with Gasteiger partial charge in [0.2, 0.25) is 0 Å². The van der Waals surface area contributed by atoms with Crippen LogP contribution in [0.1, 0.15) is 45.6 Å². The highest BCUT2D eigenvalue weighted by Gasteiger charge is 2.57. The third kappa shape index (κ3) is 3.47. The fourth-order valence-electron chi connectivity index (χ4n) is 4.07. The first-order chi connectivity index (χ1) is 12.5. The molecule has 2 aliphatic heterocycles. The number of carbonyl (C=O) groups excluding carboxylic acids is 2. The van der Waals surface area contributed by atoms with Crippen molar-refractivity contribution in [3.05, 3.63) is 30.1 Å². The lowest BCUT2D eigenvalue weighted by Crippen LogP contribution is -2.56. The van der Waals surface area contributed by atoms with Gasteiger partial charge in [0.05, 0.1) is 0 Å². The first kappa shape index (κ1) is 18.8. The third-order valence-electron chi connectivity index (χ3n) is 5.71. The van der Waals surface area contributed by atoms with Gasteiger partial charge in [-0.05, 0) is 49.8 Å². The van der Waals surface area contributed by atoms with Gasteiger partial charge in [0.1, 0.15) is 5.54 Å². The van der Waals surface area contributed by atoms with Crippen molar-refractivity contribution in [2.75, 3.05) is 26.2 Å². The number of carbonyl (C=O) groups is 2. The zero-order valence-corrected chi connectivity index (χ0v) is 16.1. The molecule has 0 atom stereocenters. The zero-order valence-electron chi connectivity index (χ0n) is 16.1. The smallest absolute Gasteiger partial charge is 0.309 e. The highest BCUT2D eigenvalue weighted by Crippen LogP contribution is 2.37. The Morgan fingerprint density at radius 3 is 2.38 bits per heavy atom.